The van der Waals surface area contributed by atoms with E-state index in [1.54, 1.807) is 12.1 Å². The topological polar surface area (TPSA) is 44.1 Å². The molecule has 1 heterocycles. The molecule has 6 heteroatoms. The molecular formula is C17H20BrClN2O2. The van der Waals surface area contributed by atoms with E-state index < -0.39 is 0 Å². The van der Waals surface area contributed by atoms with Crippen molar-refractivity contribution in [2.75, 3.05) is 6.61 Å². The average molecular weight is 400 g/mol. The van der Waals surface area contributed by atoms with Gasteiger partial charge in [-0.2, -0.15) is 5.10 Å². The highest BCUT2D eigenvalue weighted by Crippen LogP contribution is 2.27. The van der Waals surface area contributed by atoms with Gasteiger partial charge in [-0.3, -0.25) is 4.79 Å². The van der Waals surface area contributed by atoms with Crippen LogP contribution in [-0.2, 0) is 6.42 Å². The minimum atomic E-state index is -0.209. The van der Waals surface area contributed by atoms with E-state index in [1.165, 1.54) is 4.68 Å². The van der Waals surface area contributed by atoms with Crippen molar-refractivity contribution in [2.24, 2.45) is 5.92 Å². The average Bonchev–Trinajstić information content (AvgIpc) is 2.74. The van der Waals surface area contributed by atoms with Crippen LogP contribution in [-0.4, -0.2) is 22.3 Å². The maximum Gasteiger partial charge on any atom is 0.284 e. The Labute approximate surface area is 149 Å². The summed E-state index contributed by atoms with van der Waals surface area (Å²) in [5, 5.41) is 4.82. The quantitative estimate of drug-likeness (QED) is 0.723. The first-order valence-electron chi connectivity index (χ1n) is 7.45. The third-order valence-corrected chi connectivity index (χ3v) is 4.32. The van der Waals surface area contributed by atoms with Crippen LogP contribution in [0.5, 0.6) is 5.75 Å². The number of carbonyl (C=O) groups is 1. The van der Waals surface area contributed by atoms with Crippen molar-refractivity contribution in [1.29, 1.82) is 0 Å². The zero-order chi connectivity index (χ0) is 17.1. The molecule has 0 aliphatic carbocycles. The number of aryl methyl sites for hydroxylation is 1. The minimum Gasteiger partial charge on any atom is -0.482 e. The van der Waals surface area contributed by atoms with Crippen LogP contribution in [0, 0.1) is 19.8 Å². The largest absolute Gasteiger partial charge is 0.482 e. The predicted octanol–water partition coefficient (Wildman–Crippen LogP) is 4.83. The fraction of sp³-hybridized carbons (Fsp3) is 0.412. The Morgan fingerprint density at radius 3 is 2.70 bits per heavy atom. The first-order valence-corrected chi connectivity index (χ1v) is 8.62. The Morgan fingerprint density at radius 2 is 2.09 bits per heavy atom. The summed E-state index contributed by atoms with van der Waals surface area (Å²) in [6, 6.07) is 5.27. The summed E-state index contributed by atoms with van der Waals surface area (Å²) in [7, 11) is 0. The van der Waals surface area contributed by atoms with Gasteiger partial charge in [-0.1, -0.05) is 41.4 Å². The molecule has 0 radical (unpaired) electrons. The Balaban J connectivity index is 2.12. The van der Waals surface area contributed by atoms with E-state index >= 15 is 0 Å². The van der Waals surface area contributed by atoms with Gasteiger partial charge < -0.3 is 4.74 Å². The van der Waals surface area contributed by atoms with Gasteiger partial charge in [0, 0.05) is 10.2 Å². The third kappa shape index (κ3) is 4.36. The molecule has 0 spiro atoms. The molecule has 23 heavy (non-hydrogen) atoms. The van der Waals surface area contributed by atoms with Crippen LogP contribution in [0.15, 0.2) is 22.7 Å². The second-order valence-electron chi connectivity index (χ2n) is 5.92. The number of aromatic nitrogens is 2. The van der Waals surface area contributed by atoms with Crippen molar-refractivity contribution in [2.45, 2.75) is 34.1 Å². The number of benzene rings is 1. The number of nitrogens with zero attached hydrogens (tertiary/aromatic N) is 2. The van der Waals surface area contributed by atoms with Crippen LogP contribution in [0.25, 0.3) is 0 Å². The highest BCUT2D eigenvalue weighted by molar-refractivity contribution is 9.10. The highest BCUT2D eigenvalue weighted by atomic mass is 79.9. The number of hydrogen-bond donors (Lipinski definition) is 0. The van der Waals surface area contributed by atoms with Gasteiger partial charge in [0.1, 0.15) is 5.75 Å². The van der Waals surface area contributed by atoms with Crippen molar-refractivity contribution < 1.29 is 9.53 Å². The predicted molar refractivity (Wildman–Crippen MR) is 95.5 cm³/mol. The van der Waals surface area contributed by atoms with Gasteiger partial charge in [0.25, 0.3) is 5.91 Å². The molecule has 1 aromatic heterocycles. The van der Waals surface area contributed by atoms with Gasteiger partial charge >= 0.3 is 0 Å². The summed E-state index contributed by atoms with van der Waals surface area (Å²) in [6.45, 7) is 8.04. The summed E-state index contributed by atoms with van der Waals surface area (Å²) in [5.74, 6) is 0.782. The molecule has 1 aromatic carbocycles. The normalized spacial score (nSPS) is 11.1. The van der Waals surface area contributed by atoms with E-state index in [2.05, 4.69) is 34.9 Å². The molecule has 0 atom stereocenters. The Hall–Kier alpha value is -1.33. The van der Waals surface area contributed by atoms with E-state index in [4.69, 9.17) is 16.3 Å². The molecule has 0 saturated carbocycles. The SMILES string of the molecule is Cc1nn(C(=O)COc2ccc(Br)cc2Cl)c(C)c1CC(C)C. The first-order chi connectivity index (χ1) is 10.8. The van der Waals surface area contributed by atoms with Gasteiger partial charge in [-0.15, -0.1) is 0 Å². The summed E-state index contributed by atoms with van der Waals surface area (Å²) in [5.41, 5.74) is 2.91. The van der Waals surface area contributed by atoms with E-state index in [-0.39, 0.29) is 12.5 Å². The lowest BCUT2D eigenvalue weighted by Gasteiger charge is -2.09. The lowest BCUT2D eigenvalue weighted by atomic mass is 10.0. The summed E-state index contributed by atoms with van der Waals surface area (Å²) < 4.78 is 7.82. The van der Waals surface area contributed by atoms with E-state index in [0.29, 0.717) is 16.7 Å². The summed E-state index contributed by atoms with van der Waals surface area (Å²) in [4.78, 5) is 12.4. The Morgan fingerprint density at radius 1 is 1.39 bits per heavy atom. The minimum absolute atomic E-state index is 0.107. The zero-order valence-electron chi connectivity index (χ0n) is 13.7. The molecule has 0 saturated heterocycles. The van der Waals surface area contributed by atoms with Crippen molar-refractivity contribution in [3.63, 3.8) is 0 Å². The van der Waals surface area contributed by atoms with Gasteiger partial charge in [-0.05, 0) is 49.9 Å². The third-order valence-electron chi connectivity index (χ3n) is 3.53. The van der Waals surface area contributed by atoms with Crippen LogP contribution >= 0.6 is 27.5 Å². The number of rotatable bonds is 5. The van der Waals surface area contributed by atoms with Crippen LogP contribution in [0.3, 0.4) is 0 Å². The lowest BCUT2D eigenvalue weighted by Crippen LogP contribution is -2.22. The zero-order valence-corrected chi connectivity index (χ0v) is 16.0. The molecule has 0 aliphatic rings. The molecule has 0 aliphatic heterocycles. The van der Waals surface area contributed by atoms with E-state index in [1.807, 2.05) is 19.9 Å². The molecule has 124 valence electrons. The maximum absolute atomic E-state index is 12.4. The van der Waals surface area contributed by atoms with Gasteiger partial charge in [0.2, 0.25) is 0 Å². The lowest BCUT2D eigenvalue weighted by molar-refractivity contribution is 0.0818. The van der Waals surface area contributed by atoms with Crippen LogP contribution < -0.4 is 4.74 Å². The van der Waals surface area contributed by atoms with E-state index in [0.717, 1.165) is 27.8 Å². The monoisotopic (exact) mass is 398 g/mol. The second kappa shape index (κ2) is 7.49. The second-order valence-corrected chi connectivity index (χ2v) is 7.24. The molecular weight excluding hydrogens is 380 g/mol. The van der Waals surface area contributed by atoms with Gasteiger partial charge in [0.05, 0.1) is 10.7 Å². The summed E-state index contributed by atoms with van der Waals surface area (Å²) >= 11 is 9.42. The Bertz CT molecular complexity index is 726. The van der Waals surface area contributed by atoms with Crippen molar-refractivity contribution >= 4 is 33.4 Å². The van der Waals surface area contributed by atoms with Crippen molar-refractivity contribution in [3.05, 3.63) is 44.6 Å². The number of halogens is 2. The van der Waals surface area contributed by atoms with Gasteiger partial charge in [0.15, 0.2) is 6.61 Å². The van der Waals surface area contributed by atoms with Crippen LogP contribution in [0.2, 0.25) is 5.02 Å². The van der Waals surface area contributed by atoms with Crippen LogP contribution in [0.4, 0.5) is 0 Å². The van der Waals surface area contributed by atoms with Gasteiger partial charge in [-0.25, -0.2) is 4.68 Å². The fourth-order valence-electron chi connectivity index (χ4n) is 2.41. The molecule has 4 nitrogen and oxygen atoms in total. The standard InChI is InChI=1S/C17H20BrClN2O2/c1-10(2)7-14-11(3)20-21(12(14)4)17(22)9-23-16-6-5-13(18)8-15(16)19/h5-6,8,10H,7,9H2,1-4H3. The highest BCUT2D eigenvalue weighted by Gasteiger charge is 2.18. The molecule has 0 N–H and O–H groups in total. The number of ether oxygens (including phenoxy) is 1. The molecule has 0 fully saturated rings. The first kappa shape index (κ1) is 18.0. The molecule has 2 aromatic rings. The molecule has 0 unspecified atom stereocenters. The van der Waals surface area contributed by atoms with Crippen molar-refractivity contribution in [1.82, 2.24) is 9.78 Å². The molecule has 0 amide bonds. The molecule has 0 bridgehead atoms. The maximum atomic E-state index is 12.4. The summed E-state index contributed by atoms with van der Waals surface area (Å²) in [6.07, 6.45) is 0.907. The van der Waals surface area contributed by atoms with E-state index in [9.17, 15) is 4.79 Å². The van der Waals surface area contributed by atoms with Crippen molar-refractivity contribution in [3.8, 4) is 5.75 Å². The Kier molecular flexibility index (Phi) is 5.87. The molecule has 2 rings (SSSR count). The fourth-order valence-corrected chi connectivity index (χ4v) is 3.14. The number of hydrogen-bond acceptors (Lipinski definition) is 3. The number of carbonyl (C=O) groups excluding carboxylic acids is 1. The smallest absolute Gasteiger partial charge is 0.284 e. The van der Waals surface area contributed by atoms with Crippen LogP contribution in [0.1, 0.15) is 35.6 Å².